The lowest BCUT2D eigenvalue weighted by Gasteiger charge is -2.32. The Hall–Kier alpha value is -3.20. The van der Waals surface area contributed by atoms with Crippen molar-refractivity contribution < 1.29 is 4.39 Å². The van der Waals surface area contributed by atoms with E-state index in [1.165, 1.54) is 6.20 Å². The predicted molar refractivity (Wildman–Crippen MR) is 104 cm³/mol. The number of aromatic amines is 2. The molecular weight excluding hydrogens is 359 g/mol. The molecule has 1 aliphatic heterocycles. The average Bonchev–Trinajstić information content (AvgIpc) is 3.22. The fraction of sp³-hybridized carbons (Fsp3) is 0.316. The zero-order valence-corrected chi connectivity index (χ0v) is 15.3. The number of guanidine groups is 1. The fourth-order valence-corrected chi connectivity index (χ4v) is 3.37. The third-order valence-electron chi connectivity index (χ3n) is 5.22. The Kier molecular flexibility index (Phi) is 3.73. The first kappa shape index (κ1) is 16.9. The maximum absolute atomic E-state index is 14.6. The molecule has 2 aliphatic rings. The van der Waals surface area contributed by atoms with Crippen molar-refractivity contribution in [3.8, 4) is 0 Å². The van der Waals surface area contributed by atoms with Crippen LogP contribution in [-0.4, -0.2) is 26.1 Å². The van der Waals surface area contributed by atoms with Crippen molar-refractivity contribution in [1.82, 2.24) is 30.8 Å². The summed E-state index contributed by atoms with van der Waals surface area (Å²) in [4.78, 5) is 12.3. The molecule has 0 amide bonds. The van der Waals surface area contributed by atoms with E-state index in [1.54, 1.807) is 0 Å². The Bertz CT molecular complexity index is 1090. The van der Waals surface area contributed by atoms with Crippen molar-refractivity contribution in [2.75, 3.05) is 0 Å². The number of nitrogens with zero attached hydrogens (tertiary/aromatic N) is 3. The van der Waals surface area contributed by atoms with Gasteiger partial charge in [-0.3, -0.25) is 10.8 Å². The molecule has 1 unspecified atom stereocenters. The third kappa shape index (κ3) is 2.84. The van der Waals surface area contributed by atoms with Gasteiger partial charge >= 0.3 is 0 Å². The van der Waals surface area contributed by atoms with Crippen molar-refractivity contribution in [2.45, 2.75) is 37.4 Å². The first-order valence-corrected chi connectivity index (χ1v) is 9.30. The van der Waals surface area contributed by atoms with E-state index in [9.17, 15) is 4.39 Å². The number of aliphatic imine (C=N–C) groups is 1. The van der Waals surface area contributed by atoms with Crippen molar-refractivity contribution in [3.05, 3.63) is 59.6 Å². The number of aromatic nitrogens is 4. The first-order chi connectivity index (χ1) is 13.5. The topological polar surface area (TPSA) is 120 Å². The molecule has 1 saturated carbocycles. The molecule has 6 N–H and O–H groups in total. The summed E-state index contributed by atoms with van der Waals surface area (Å²) in [5.41, 5.74) is 8.81. The quantitative estimate of drug-likeness (QED) is 0.476. The van der Waals surface area contributed by atoms with E-state index in [4.69, 9.17) is 5.73 Å². The number of hydrogen-bond acceptors (Lipinski definition) is 4. The van der Waals surface area contributed by atoms with Crippen LogP contribution in [0.3, 0.4) is 0 Å². The second-order valence-electron chi connectivity index (χ2n) is 7.35. The Morgan fingerprint density at radius 2 is 2.18 bits per heavy atom. The van der Waals surface area contributed by atoms with Crippen LogP contribution in [0, 0.1) is 0 Å². The average molecular weight is 380 g/mol. The van der Waals surface area contributed by atoms with Crippen LogP contribution < -0.4 is 16.4 Å². The van der Waals surface area contributed by atoms with Gasteiger partial charge in [0.1, 0.15) is 5.69 Å². The van der Waals surface area contributed by atoms with E-state index in [-0.39, 0.29) is 6.04 Å². The van der Waals surface area contributed by atoms with Crippen molar-refractivity contribution in [1.29, 1.82) is 0 Å². The molecule has 0 saturated heterocycles. The molecular formula is C19H21FN8. The summed E-state index contributed by atoms with van der Waals surface area (Å²) < 4.78 is 14.6. The minimum atomic E-state index is -1.56. The van der Waals surface area contributed by atoms with Gasteiger partial charge in [-0.25, -0.2) is 14.4 Å². The van der Waals surface area contributed by atoms with Crippen LogP contribution >= 0.6 is 0 Å². The van der Waals surface area contributed by atoms with E-state index >= 15 is 0 Å². The Labute approximate surface area is 160 Å². The predicted octanol–water partition coefficient (Wildman–Crippen LogP) is 2.40. The van der Waals surface area contributed by atoms with E-state index in [0.717, 1.165) is 35.3 Å². The maximum atomic E-state index is 14.6. The van der Waals surface area contributed by atoms with Gasteiger partial charge in [0, 0.05) is 24.0 Å². The van der Waals surface area contributed by atoms with E-state index in [2.05, 4.69) is 35.8 Å². The lowest BCUT2D eigenvalue weighted by Crippen LogP contribution is -2.59. The van der Waals surface area contributed by atoms with Crippen LogP contribution in [0.1, 0.15) is 48.8 Å². The van der Waals surface area contributed by atoms with Gasteiger partial charge in [-0.1, -0.05) is 0 Å². The van der Waals surface area contributed by atoms with Crippen molar-refractivity contribution >= 4 is 17.0 Å². The molecule has 5 rings (SSSR count). The van der Waals surface area contributed by atoms with Gasteiger partial charge < -0.3 is 15.6 Å². The molecule has 144 valence electrons. The summed E-state index contributed by atoms with van der Waals surface area (Å²) in [5, 5.41) is 13.0. The highest BCUT2D eigenvalue weighted by Crippen LogP contribution is 2.40. The van der Waals surface area contributed by atoms with E-state index in [0.29, 0.717) is 17.6 Å². The SMILES string of the molecule is C[C@@H](N=C1NC=C(F)C(N)(c2cc(C3CC3)[nH]n2)N1)c1ccc2[nH]ccc2n1. The summed E-state index contributed by atoms with van der Waals surface area (Å²) in [6.07, 6.45) is 5.30. The molecule has 8 nitrogen and oxygen atoms in total. The molecule has 2 atom stereocenters. The van der Waals surface area contributed by atoms with Crippen LogP contribution in [0.4, 0.5) is 4.39 Å². The minimum absolute atomic E-state index is 0.255. The molecule has 9 heteroatoms. The Morgan fingerprint density at radius 3 is 3.00 bits per heavy atom. The second kappa shape index (κ2) is 6.16. The molecule has 4 heterocycles. The second-order valence-corrected chi connectivity index (χ2v) is 7.35. The Balaban J connectivity index is 1.42. The zero-order chi connectivity index (χ0) is 19.3. The highest BCUT2D eigenvalue weighted by molar-refractivity contribution is 5.83. The molecule has 0 bridgehead atoms. The standard InChI is InChI=1S/C19H21FN8/c1-10(12-4-5-13-14(25-12)6-7-22-13)24-18-23-9-16(20)19(21,26-18)17-8-15(27-28-17)11-2-3-11/h4-11,22H,2-3,21H2,1H3,(H,27,28)(H2,23,24,26)/t10-,19?/m1/s1. The van der Waals surface area contributed by atoms with Gasteiger partial charge in [-0.05, 0) is 44.0 Å². The monoisotopic (exact) mass is 380 g/mol. The summed E-state index contributed by atoms with van der Waals surface area (Å²) in [5.74, 6) is 0.282. The van der Waals surface area contributed by atoms with Crippen LogP contribution in [0.15, 0.2) is 47.5 Å². The largest absolute Gasteiger partial charge is 0.360 e. The van der Waals surface area contributed by atoms with Gasteiger partial charge in [-0.2, -0.15) is 5.10 Å². The molecule has 3 aromatic rings. The molecule has 0 aromatic carbocycles. The smallest absolute Gasteiger partial charge is 0.198 e. The van der Waals surface area contributed by atoms with Crippen LogP contribution in [0.25, 0.3) is 11.0 Å². The normalized spacial score (nSPS) is 24.7. The molecule has 1 fully saturated rings. The number of pyridine rings is 1. The minimum Gasteiger partial charge on any atom is -0.360 e. The van der Waals surface area contributed by atoms with Crippen LogP contribution in [0.2, 0.25) is 0 Å². The summed E-state index contributed by atoms with van der Waals surface area (Å²) >= 11 is 0. The lowest BCUT2D eigenvalue weighted by molar-refractivity contribution is 0.356. The molecule has 1 aliphatic carbocycles. The fourth-order valence-electron chi connectivity index (χ4n) is 3.37. The first-order valence-electron chi connectivity index (χ1n) is 9.30. The molecule has 3 aromatic heterocycles. The maximum Gasteiger partial charge on any atom is 0.198 e. The molecule has 28 heavy (non-hydrogen) atoms. The molecule has 0 radical (unpaired) electrons. The Morgan fingerprint density at radius 1 is 1.32 bits per heavy atom. The van der Waals surface area contributed by atoms with Gasteiger partial charge in [0.15, 0.2) is 17.4 Å². The highest BCUT2D eigenvalue weighted by atomic mass is 19.1. The lowest BCUT2D eigenvalue weighted by atomic mass is 10.0. The van der Waals surface area contributed by atoms with E-state index < -0.39 is 11.5 Å². The molecule has 0 spiro atoms. The van der Waals surface area contributed by atoms with Crippen molar-refractivity contribution in [2.24, 2.45) is 10.7 Å². The van der Waals surface area contributed by atoms with Crippen molar-refractivity contribution in [3.63, 3.8) is 0 Å². The number of fused-ring (bicyclic) bond motifs is 1. The number of nitrogens with one attached hydrogen (secondary N) is 4. The zero-order valence-electron chi connectivity index (χ0n) is 15.3. The van der Waals surface area contributed by atoms with Gasteiger partial charge in [0.05, 0.1) is 22.8 Å². The summed E-state index contributed by atoms with van der Waals surface area (Å²) in [6, 6.07) is 7.36. The highest BCUT2D eigenvalue weighted by Gasteiger charge is 2.40. The van der Waals surface area contributed by atoms with Crippen LogP contribution in [-0.2, 0) is 5.66 Å². The summed E-state index contributed by atoms with van der Waals surface area (Å²) in [6.45, 7) is 1.92. The number of hydrogen-bond donors (Lipinski definition) is 5. The third-order valence-corrected chi connectivity index (χ3v) is 5.22. The van der Waals surface area contributed by atoms with E-state index in [1.807, 2.05) is 37.4 Å². The number of nitrogens with two attached hydrogens (primary N) is 1. The summed E-state index contributed by atoms with van der Waals surface area (Å²) in [7, 11) is 0. The van der Waals surface area contributed by atoms with Gasteiger partial charge in [0.25, 0.3) is 0 Å². The van der Waals surface area contributed by atoms with Gasteiger partial charge in [0.2, 0.25) is 0 Å². The number of H-pyrrole nitrogens is 2. The number of rotatable bonds is 4. The van der Waals surface area contributed by atoms with Crippen LogP contribution in [0.5, 0.6) is 0 Å². The van der Waals surface area contributed by atoms with Gasteiger partial charge in [-0.15, -0.1) is 0 Å². The number of halogens is 1.